The van der Waals surface area contributed by atoms with Gasteiger partial charge in [0.05, 0.1) is 6.61 Å². The first-order valence-corrected chi connectivity index (χ1v) is 6.96. The lowest BCUT2D eigenvalue weighted by Crippen LogP contribution is -2.31. The van der Waals surface area contributed by atoms with Crippen LogP contribution in [0.4, 0.5) is 19.0 Å². The van der Waals surface area contributed by atoms with Gasteiger partial charge >= 0.3 is 6.18 Å². The van der Waals surface area contributed by atoms with Crippen LogP contribution in [0.15, 0.2) is 6.07 Å². The van der Waals surface area contributed by atoms with Crippen molar-refractivity contribution in [3.63, 3.8) is 0 Å². The van der Waals surface area contributed by atoms with Crippen molar-refractivity contribution in [1.29, 1.82) is 0 Å². The molecule has 0 aliphatic carbocycles. The molecule has 108 valence electrons. The molecule has 2 N–H and O–H groups in total. The van der Waals surface area contributed by atoms with E-state index in [2.05, 4.69) is 15.3 Å². The van der Waals surface area contributed by atoms with E-state index in [0.29, 0.717) is 0 Å². The molecule has 0 aromatic carbocycles. The van der Waals surface area contributed by atoms with Crippen LogP contribution in [0.2, 0.25) is 5.28 Å². The van der Waals surface area contributed by atoms with E-state index >= 15 is 0 Å². The molecule has 1 aromatic rings. The Bertz CT molecular complexity index is 429. The van der Waals surface area contributed by atoms with Gasteiger partial charge in [0.1, 0.15) is 5.82 Å². The maximum absolute atomic E-state index is 12.6. The zero-order valence-corrected chi connectivity index (χ0v) is 11.8. The van der Waals surface area contributed by atoms with Crippen LogP contribution < -0.4 is 5.32 Å². The van der Waals surface area contributed by atoms with Gasteiger partial charge in [0.2, 0.25) is 5.28 Å². The highest BCUT2D eigenvalue weighted by molar-refractivity contribution is 7.99. The first-order chi connectivity index (χ1) is 8.77. The Balaban J connectivity index is 2.93. The fraction of sp³-hybridized carbons (Fsp3) is 0.600. The quantitative estimate of drug-likeness (QED) is 0.818. The molecule has 0 bridgehead atoms. The van der Waals surface area contributed by atoms with Crippen molar-refractivity contribution in [3.8, 4) is 0 Å². The smallest absolute Gasteiger partial charge is 0.395 e. The SMILES string of the molecule is CSC(CO)C(C)Nc1cc(C(F)(F)F)nc(Cl)n1. The molecule has 2 unspecified atom stereocenters. The summed E-state index contributed by atoms with van der Waals surface area (Å²) in [5, 5.41) is 11.3. The molecule has 2 atom stereocenters. The van der Waals surface area contributed by atoms with Crippen LogP contribution in [0.3, 0.4) is 0 Å². The summed E-state index contributed by atoms with van der Waals surface area (Å²) in [7, 11) is 0. The first-order valence-electron chi connectivity index (χ1n) is 5.30. The van der Waals surface area contributed by atoms with E-state index in [4.69, 9.17) is 16.7 Å². The summed E-state index contributed by atoms with van der Waals surface area (Å²) in [6, 6.07) is 0.518. The third-order valence-corrected chi connectivity index (χ3v) is 3.74. The van der Waals surface area contributed by atoms with Gasteiger partial charge in [0.15, 0.2) is 5.69 Å². The number of aliphatic hydroxyl groups is 1. The van der Waals surface area contributed by atoms with Gasteiger partial charge in [0, 0.05) is 17.4 Å². The minimum absolute atomic E-state index is 0.0210. The number of nitrogens with one attached hydrogen (secondary N) is 1. The Morgan fingerprint density at radius 1 is 1.47 bits per heavy atom. The lowest BCUT2D eigenvalue weighted by Gasteiger charge is -2.22. The normalized spacial score (nSPS) is 15.1. The molecule has 0 saturated carbocycles. The lowest BCUT2D eigenvalue weighted by molar-refractivity contribution is -0.141. The van der Waals surface area contributed by atoms with Gasteiger partial charge < -0.3 is 10.4 Å². The topological polar surface area (TPSA) is 58.0 Å². The molecule has 0 radical (unpaired) electrons. The van der Waals surface area contributed by atoms with Crippen molar-refractivity contribution in [1.82, 2.24) is 9.97 Å². The number of nitrogens with zero attached hydrogens (tertiary/aromatic N) is 2. The highest BCUT2D eigenvalue weighted by Crippen LogP contribution is 2.30. The van der Waals surface area contributed by atoms with Gasteiger partial charge in [-0.25, -0.2) is 9.97 Å². The largest absolute Gasteiger partial charge is 0.433 e. The Labute approximate surface area is 117 Å². The van der Waals surface area contributed by atoms with Crippen molar-refractivity contribution in [2.24, 2.45) is 0 Å². The van der Waals surface area contributed by atoms with Crippen LogP contribution in [0, 0.1) is 0 Å². The fourth-order valence-corrected chi connectivity index (χ4v) is 2.21. The minimum Gasteiger partial charge on any atom is -0.395 e. The monoisotopic (exact) mass is 315 g/mol. The van der Waals surface area contributed by atoms with E-state index in [1.165, 1.54) is 11.8 Å². The maximum atomic E-state index is 12.6. The van der Waals surface area contributed by atoms with Crippen molar-refractivity contribution >= 4 is 29.2 Å². The van der Waals surface area contributed by atoms with E-state index < -0.39 is 17.2 Å². The number of aromatic nitrogens is 2. The molecular weight excluding hydrogens is 303 g/mol. The molecule has 0 amide bonds. The molecule has 4 nitrogen and oxygen atoms in total. The number of rotatable bonds is 5. The highest BCUT2D eigenvalue weighted by Gasteiger charge is 2.33. The van der Waals surface area contributed by atoms with Gasteiger partial charge in [-0.05, 0) is 24.8 Å². The van der Waals surface area contributed by atoms with Crippen molar-refractivity contribution < 1.29 is 18.3 Å². The molecular formula is C10H13ClF3N3OS. The van der Waals surface area contributed by atoms with Crippen LogP contribution in [-0.2, 0) is 6.18 Å². The molecule has 0 spiro atoms. The standard InChI is InChI=1S/C10H13ClF3N3OS/c1-5(6(4-18)19-2)15-8-3-7(10(12,13)14)16-9(11)17-8/h3,5-6,18H,4H2,1-2H3,(H,15,16,17). The van der Waals surface area contributed by atoms with Crippen LogP contribution in [0.5, 0.6) is 0 Å². The predicted molar refractivity (Wildman–Crippen MR) is 69.5 cm³/mol. The van der Waals surface area contributed by atoms with Gasteiger partial charge in [-0.1, -0.05) is 0 Å². The van der Waals surface area contributed by atoms with Gasteiger partial charge in [-0.3, -0.25) is 0 Å². The molecule has 1 aromatic heterocycles. The number of alkyl halides is 3. The Hall–Kier alpha value is -0.730. The average Bonchev–Trinajstić information content (AvgIpc) is 2.28. The van der Waals surface area contributed by atoms with Gasteiger partial charge in [-0.15, -0.1) is 0 Å². The Kier molecular flexibility index (Phi) is 5.69. The van der Waals surface area contributed by atoms with Crippen LogP contribution >= 0.6 is 23.4 Å². The number of anilines is 1. The van der Waals surface area contributed by atoms with E-state index in [1.54, 1.807) is 13.2 Å². The molecule has 1 heterocycles. The second-order valence-corrected chi connectivity index (χ2v) is 5.21. The van der Waals surface area contributed by atoms with Crippen molar-refractivity contribution in [3.05, 3.63) is 17.0 Å². The molecule has 0 fully saturated rings. The summed E-state index contributed by atoms with van der Waals surface area (Å²) in [6.45, 7) is 1.64. The minimum atomic E-state index is -4.58. The highest BCUT2D eigenvalue weighted by atomic mass is 35.5. The number of thioether (sulfide) groups is 1. The predicted octanol–water partition coefficient (Wildman–Crippen LogP) is 2.67. The van der Waals surface area contributed by atoms with E-state index in [9.17, 15) is 13.2 Å². The number of hydrogen-bond acceptors (Lipinski definition) is 5. The third-order valence-electron chi connectivity index (χ3n) is 2.41. The Morgan fingerprint density at radius 3 is 2.58 bits per heavy atom. The second-order valence-electron chi connectivity index (χ2n) is 3.79. The summed E-state index contributed by atoms with van der Waals surface area (Å²) < 4.78 is 37.7. The van der Waals surface area contributed by atoms with E-state index in [1.807, 2.05) is 0 Å². The maximum Gasteiger partial charge on any atom is 0.433 e. The summed E-state index contributed by atoms with van der Waals surface area (Å²) in [6.07, 6.45) is -2.78. The third kappa shape index (κ3) is 4.70. The zero-order chi connectivity index (χ0) is 14.6. The number of hydrogen-bond donors (Lipinski definition) is 2. The average molecular weight is 316 g/mol. The van der Waals surface area contributed by atoms with Crippen molar-refractivity contribution in [2.45, 2.75) is 24.4 Å². The lowest BCUT2D eigenvalue weighted by atomic mass is 10.2. The molecule has 0 aliphatic rings. The van der Waals surface area contributed by atoms with Gasteiger partial charge in [0.25, 0.3) is 0 Å². The van der Waals surface area contributed by atoms with Crippen molar-refractivity contribution in [2.75, 3.05) is 18.2 Å². The van der Waals surface area contributed by atoms with Gasteiger partial charge in [-0.2, -0.15) is 24.9 Å². The number of aliphatic hydroxyl groups excluding tert-OH is 1. The fourth-order valence-electron chi connectivity index (χ4n) is 1.40. The summed E-state index contributed by atoms with van der Waals surface area (Å²) >= 11 is 6.87. The first kappa shape index (κ1) is 16.3. The molecule has 1 rings (SSSR count). The molecule has 19 heavy (non-hydrogen) atoms. The second kappa shape index (κ2) is 6.62. The van der Waals surface area contributed by atoms with E-state index in [0.717, 1.165) is 6.07 Å². The molecule has 0 saturated heterocycles. The molecule has 0 aliphatic heterocycles. The Morgan fingerprint density at radius 2 is 2.11 bits per heavy atom. The van der Waals surface area contributed by atoms with Crippen LogP contribution in [0.25, 0.3) is 0 Å². The van der Waals surface area contributed by atoms with Crippen LogP contribution in [-0.4, -0.2) is 39.2 Å². The zero-order valence-electron chi connectivity index (χ0n) is 10.2. The number of halogens is 4. The summed E-state index contributed by atoms with van der Waals surface area (Å²) in [4.78, 5) is 6.82. The summed E-state index contributed by atoms with van der Waals surface area (Å²) in [5.41, 5.74) is -1.10. The van der Waals surface area contributed by atoms with E-state index in [-0.39, 0.29) is 23.7 Å². The van der Waals surface area contributed by atoms with Crippen LogP contribution in [0.1, 0.15) is 12.6 Å². The summed E-state index contributed by atoms with van der Waals surface area (Å²) in [5.74, 6) is -0.0210. The molecule has 9 heteroatoms.